The van der Waals surface area contributed by atoms with Gasteiger partial charge in [0.05, 0.1) is 6.61 Å². The fraction of sp³-hybridized carbons (Fsp3) is 1.00. The van der Waals surface area contributed by atoms with Crippen molar-refractivity contribution in [3.05, 3.63) is 0 Å². The second kappa shape index (κ2) is 6.94. The summed E-state index contributed by atoms with van der Waals surface area (Å²) in [5, 5.41) is 1.10. The number of ether oxygens (including phenoxy) is 1. The first-order chi connectivity index (χ1) is 7.88. The van der Waals surface area contributed by atoms with Crippen LogP contribution in [0.4, 0.5) is 0 Å². The van der Waals surface area contributed by atoms with Gasteiger partial charge in [0.25, 0.3) is 0 Å². The molecule has 94 valence electrons. The summed E-state index contributed by atoms with van der Waals surface area (Å²) in [4.78, 5) is 5.20. The van der Waals surface area contributed by atoms with Crippen LogP contribution in [0.25, 0.3) is 0 Å². The summed E-state index contributed by atoms with van der Waals surface area (Å²) < 4.78 is 5.45. The Labute approximate surface area is 107 Å². The van der Waals surface area contributed by atoms with Crippen molar-refractivity contribution in [3.63, 3.8) is 0 Å². The molecule has 0 amide bonds. The molecule has 1 atom stereocenters. The van der Waals surface area contributed by atoms with Crippen LogP contribution in [0.5, 0.6) is 0 Å². The van der Waals surface area contributed by atoms with E-state index in [4.69, 9.17) is 4.74 Å². The SMILES string of the molecule is BrCCN1CCCN(CC2CCOC2)CC1. The molecule has 0 aromatic heterocycles. The Hall–Kier alpha value is 0.360. The topological polar surface area (TPSA) is 15.7 Å². The third kappa shape index (κ3) is 3.99. The zero-order valence-electron chi connectivity index (χ0n) is 10.0. The monoisotopic (exact) mass is 290 g/mol. The second-order valence-electron chi connectivity index (χ2n) is 4.91. The van der Waals surface area contributed by atoms with Crippen LogP contribution < -0.4 is 0 Å². The molecular formula is C12H23BrN2O. The third-order valence-corrected chi connectivity index (χ3v) is 3.98. The van der Waals surface area contributed by atoms with E-state index in [0.29, 0.717) is 0 Å². The Balaban J connectivity index is 1.70. The number of hydrogen-bond donors (Lipinski definition) is 0. The smallest absolute Gasteiger partial charge is 0.0507 e. The van der Waals surface area contributed by atoms with Gasteiger partial charge in [-0.25, -0.2) is 0 Å². The molecule has 4 heteroatoms. The molecule has 0 saturated carbocycles. The molecule has 2 rings (SSSR count). The maximum absolute atomic E-state index is 5.45. The van der Waals surface area contributed by atoms with Crippen molar-refractivity contribution in [2.45, 2.75) is 12.8 Å². The lowest BCUT2D eigenvalue weighted by molar-refractivity contribution is 0.167. The summed E-state index contributed by atoms with van der Waals surface area (Å²) in [5.74, 6) is 0.794. The first kappa shape index (κ1) is 12.8. The first-order valence-electron chi connectivity index (χ1n) is 6.47. The number of halogens is 1. The fourth-order valence-electron chi connectivity index (χ4n) is 2.64. The molecule has 0 N–H and O–H groups in total. The van der Waals surface area contributed by atoms with Gasteiger partial charge in [0.15, 0.2) is 0 Å². The first-order valence-corrected chi connectivity index (χ1v) is 7.59. The molecule has 2 aliphatic heterocycles. The summed E-state index contributed by atoms with van der Waals surface area (Å²) in [6, 6.07) is 0. The lowest BCUT2D eigenvalue weighted by atomic mass is 10.1. The molecule has 0 radical (unpaired) electrons. The van der Waals surface area contributed by atoms with Crippen molar-refractivity contribution in [1.29, 1.82) is 0 Å². The van der Waals surface area contributed by atoms with Gasteiger partial charge in [-0.05, 0) is 31.8 Å². The molecule has 0 spiro atoms. The average Bonchev–Trinajstić information content (AvgIpc) is 2.68. The molecule has 1 unspecified atom stereocenters. The molecule has 0 aromatic rings. The van der Waals surface area contributed by atoms with Gasteiger partial charge in [0.2, 0.25) is 0 Å². The van der Waals surface area contributed by atoms with Gasteiger partial charge < -0.3 is 14.5 Å². The molecule has 2 aliphatic rings. The normalized spacial score (nSPS) is 29.4. The van der Waals surface area contributed by atoms with Crippen LogP contribution in [0.15, 0.2) is 0 Å². The zero-order chi connectivity index (χ0) is 11.2. The Morgan fingerprint density at radius 3 is 2.69 bits per heavy atom. The Bertz CT molecular complexity index is 197. The van der Waals surface area contributed by atoms with E-state index in [0.717, 1.165) is 24.5 Å². The lowest BCUT2D eigenvalue weighted by Gasteiger charge is -2.23. The number of hydrogen-bond acceptors (Lipinski definition) is 3. The van der Waals surface area contributed by atoms with Crippen LogP contribution in [0, 0.1) is 5.92 Å². The van der Waals surface area contributed by atoms with Gasteiger partial charge in [-0.3, -0.25) is 0 Å². The van der Waals surface area contributed by atoms with Gasteiger partial charge >= 0.3 is 0 Å². The minimum atomic E-state index is 0.794. The van der Waals surface area contributed by atoms with Crippen molar-refractivity contribution < 1.29 is 4.74 Å². The largest absolute Gasteiger partial charge is 0.381 e. The minimum absolute atomic E-state index is 0.794. The van der Waals surface area contributed by atoms with Crippen LogP contribution in [0.2, 0.25) is 0 Å². The molecule has 3 nitrogen and oxygen atoms in total. The van der Waals surface area contributed by atoms with E-state index in [-0.39, 0.29) is 0 Å². The molecule has 0 aromatic carbocycles. The van der Waals surface area contributed by atoms with Gasteiger partial charge in [-0.15, -0.1) is 0 Å². The Morgan fingerprint density at radius 2 is 1.94 bits per heavy atom. The van der Waals surface area contributed by atoms with E-state index >= 15 is 0 Å². The Kier molecular flexibility index (Phi) is 5.56. The van der Waals surface area contributed by atoms with Gasteiger partial charge in [0.1, 0.15) is 0 Å². The Morgan fingerprint density at radius 1 is 1.12 bits per heavy atom. The highest BCUT2D eigenvalue weighted by Gasteiger charge is 2.21. The minimum Gasteiger partial charge on any atom is -0.381 e. The van der Waals surface area contributed by atoms with Gasteiger partial charge in [-0.1, -0.05) is 15.9 Å². The second-order valence-corrected chi connectivity index (χ2v) is 5.71. The standard InChI is InChI=1S/C12H23BrN2O/c13-3-6-14-4-1-5-15(8-7-14)10-12-2-9-16-11-12/h12H,1-11H2. The van der Waals surface area contributed by atoms with Crippen LogP contribution in [0.1, 0.15) is 12.8 Å². The van der Waals surface area contributed by atoms with Crippen molar-refractivity contribution in [2.24, 2.45) is 5.92 Å². The van der Waals surface area contributed by atoms with Crippen molar-refractivity contribution >= 4 is 15.9 Å². The number of rotatable bonds is 4. The van der Waals surface area contributed by atoms with Crippen LogP contribution in [0.3, 0.4) is 0 Å². The van der Waals surface area contributed by atoms with Crippen LogP contribution >= 0.6 is 15.9 Å². The summed E-state index contributed by atoms with van der Waals surface area (Å²) in [5.41, 5.74) is 0. The highest BCUT2D eigenvalue weighted by molar-refractivity contribution is 9.09. The molecule has 2 fully saturated rings. The van der Waals surface area contributed by atoms with E-state index < -0.39 is 0 Å². The molecule has 2 heterocycles. The van der Waals surface area contributed by atoms with E-state index in [2.05, 4.69) is 25.7 Å². The maximum Gasteiger partial charge on any atom is 0.0507 e. The summed E-state index contributed by atoms with van der Waals surface area (Å²) >= 11 is 3.52. The quantitative estimate of drug-likeness (QED) is 0.729. The maximum atomic E-state index is 5.45. The zero-order valence-corrected chi connectivity index (χ0v) is 11.6. The van der Waals surface area contributed by atoms with Crippen LogP contribution in [-0.2, 0) is 4.74 Å². The molecule has 16 heavy (non-hydrogen) atoms. The molecule has 0 aliphatic carbocycles. The molecule has 2 saturated heterocycles. The third-order valence-electron chi connectivity index (χ3n) is 3.62. The summed E-state index contributed by atoms with van der Waals surface area (Å²) in [7, 11) is 0. The van der Waals surface area contributed by atoms with E-state index in [1.807, 2.05) is 0 Å². The lowest BCUT2D eigenvalue weighted by Crippen LogP contribution is -2.34. The molecular weight excluding hydrogens is 268 g/mol. The van der Waals surface area contributed by atoms with Gasteiger partial charge in [-0.2, -0.15) is 0 Å². The number of alkyl halides is 1. The molecule has 0 bridgehead atoms. The van der Waals surface area contributed by atoms with Crippen LogP contribution in [-0.4, -0.2) is 67.6 Å². The van der Waals surface area contributed by atoms with Crippen molar-refractivity contribution in [2.75, 3.05) is 57.8 Å². The van der Waals surface area contributed by atoms with Crippen molar-refractivity contribution in [3.8, 4) is 0 Å². The average molecular weight is 291 g/mol. The predicted octanol–water partition coefficient (Wildman–Crippen LogP) is 1.43. The van der Waals surface area contributed by atoms with E-state index in [1.54, 1.807) is 0 Å². The fourth-order valence-corrected chi connectivity index (χ4v) is 3.14. The summed E-state index contributed by atoms with van der Waals surface area (Å²) in [6.07, 6.45) is 2.59. The van der Waals surface area contributed by atoms with E-state index in [1.165, 1.54) is 52.1 Å². The predicted molar refractivity (Wildman–Crippen MR) is 70.2 cm³/mol. The highest BCUT2D eigenvalue weighted by Crippen LogP contribution is 2.15. The number of nitrogens with zero attached hydrogens (tertiary/aromatic N) is 2. The van der Waals surface area contributed by atoms with Gasteiger partial charge in [0, 0.05) is 38.1 Å². The highest BCUT2D eigenvalue weighted by atomic mass is 79.9. The summed E-state index contributed by atoms with van der Waals surface area (Å²) in [6.45, 7) is 9.43. The van der Waals surface area contributed by atoms with E-state index in [9.17, 15) is 0 Å². The van der Waals surface area contributed by atoms with Crippen molar-refractivity contribution in [1.82, 2.24) is 9.80 Å².